The van der Waals surface area contributed by atoms with Gasteiger partial charge in [0.2, 0.25) is 5.95 Å². The normalized spacial score (nSPS) is 16.3. The number of aromatic nitrogens is 3. The molecule has 2 aromatic heterocycles. The quantitative estimate of drug-likeness (QED) is 0.249. The molecule has 43 heavy (non-hydrogen) atoms. The zero-order valence-corrected chi connectivity index (χ0v) is 25.4. The first kappa shape index (κ1) is 30.3. The van der Waals surface area contributed by atoms with Crippen LogP contribution in [0.4, 0.5) is 14.7 Å². The Morgan fingerprint density at radius 2 is 1.70 bits per heavy atom. The molecule has 2 aromatic carbocycles. The summed E-state index contributed by atoms with van der Waals surface area (Å²) in [4.78, 5) is 35.8. The van der Waals surface area contributed by atoms with E-state index in [4.69, 9.17) is 9.97 Å². The average molecular weight is 589 g/mol. The second-order valence-electron chi connectivity index (χ2n) is 12.6. The molecule has 0 atom stereocenters. The number of carbonyl (C=O) groups is 1. The molecule has 1 aliphatic rings. The van der Waals surface area contributed by atoms with Crippen LogP contribution in [0, 0.1) is 18.6 Å². The predicted molar refractivity (Wildman–Crippen MR) is 166 cm³/mol. The fraction of sp³-hybridized carbons (Fsp3) is 0.394. The highest BCUT2D eigenvalue weighted by Gasteiger charge is 2.38. The molecule has 4 aromatic rings. The van der Waals surface area contributed by atoms with E-state index in [2.05, 4.69) is 43.6 Å². The molecule has 226 valence electrons. The summed E-state index contributed by atoms with van der Waals surface area (Å²) < 4.78 is 31.2. The molecule has 0 saturated carbocycles. The zero-order valence-electron chi connectivity index (χ0n) is 25.4. The smallest absolute Gasteiger partial charge is 0.256 e. The van der Waals surface area contributed by atoms with Gasteiger partial charge >= 0.3 is 0 Å². The van der Waals surface area contributed by atoms with Gasteiger partial charge in [0.1, 0.15) is 17.3 Å². The van der Waals surface area contributed by atoms with Crippen LogP contribution in [0.25, 0.3) is 28.0 Å². The first-order chi connectivity index (χ1) is 20.3. The number of nitrogens with one attached hydrogen (secondary N) is 3. The molecule has 1 amide bonds. The number of carbonyl (C=O) groups excluding carboxylic acids is 1. The monoisotopic (exact) mass is 588 g/mol. The SMILES string of the molecule is CCCNC(=O)c1ccc(C)c(-c2nc(NC3CC(C)(C)NC(C)(C)C3)nc3c2ccc(=O)n3-c2c(F)cccc2F)c1. The number of aryl methyl sites for hydroxylation is 1. The summed E-state index contributed by atoms with van der Waals surface area (Å²) >= 11 is 0. The van der Waals surface area contributed by atoms with Crippen LogP contribution in [0.2, 0.25) is 0 Å². The first-order valence-corrected chi connectivity index (χ1v) is 14.6. The summed E-state index contributed by atoms with van der Waals surface area (Å²) in [5.74, 6) is -1.78. The summed E-state index contributed by atoms with van der Waals surface area (Å²) in [5, 5.41) is 10.4. The maximum atomic E-state index is 15.1. The van der Waals surface area contributed by atoms with Crippen molar-refractivity contribution in [3.05, 3.63) is 81.6 Å². The highest BCUT2D eigenvalue weighted by Crippen LogP contribution is 2.34. The summed E-state index contributed by atoms with van der Waals surface area (Å²) in [6.45, 7) is 12.9. The maximum Gasteiger partial charge on any atom is 0.256 e. The number of benzene rings is 2. The van der Waals surface area contributed by atoms with Crippen molar-refractivity contribution in [2.75, 3.05) is 11.9 Å². The van der Waals surface area contributed by atoms with E-state index in [1.54, 1.807) is 18.2 Å². The number of fused-ring (bicyclic) bond motifs is 1. The number of hydrogen-bond acceptors (Lipinski definition) is 6. The molecule has 1 aliphatic heterocycles. The van der Waals surface area contributed by atoms with E-state index in [1.807, 2.05) is 19.9 Å². The van der Waals surface area contributed by atoms with Gasteiger partial charge in [-0.2, -0.15) is 4.98 Å². The second-order valence-corrected chi connectivity index (χ2v) is 12.6. The molecular formula is C33H38F2N6O2. The molecule has 3 N–H and O–H groups in total. The highest BCUT2D eigenvalue weighted by atomic mass is 19.1. The van der Waals surface area contributed by atoms with Crippen LogP contribution in [0.3, 0.4) is 0 Å². The lowest BCUT2D eigenvalue weighted by Crippen LogP contribution is -2.60. The van der Waals surface area contributed by atoms with Crippen molar-refractivity contribution in [1.82, 2.24) is 25.2 Å². The van der Waals surface area contributed by atoms with Gasteiger partial charge < -0.3 is 16.0 Å². The van der Waals surface area contributed by atoms with Crippen LogP contribution in [0.1, 0.15) is 69.8 Å². The number of nitrogens with zero attached hydrogens (tertiary/aromatic N) is 3. The van der Waals surface area contributed by atoms with Gasteiger partial charge in [0.05, 0.1) is 5.69 Å². The largest absolute Gasteiger partial charge is 0.352 e. The number of piperidine rings is 1. The number of rotatable bonds is 7. The molecule has 0 aliphatic carbocycles. The van der Waals surface area contributed by atoms with Crippen molar-refractivity contribution in [1.29, 1.82) is 0 Å². The van der Waals surface area contributed by atoms with Gasteiger partial charge in [-0.1, -0.05) is 19.1 Å². The highest BCUT2D eigenvalue weighted by molar-refractivity contribution is 5.98. The van der Waals surface area contributed by atoms with Crippen LogP contribution >= 0.6 is 0 Å². The summed E-state index contributed by atoms with van der Waals surface area (Å²) in [6, 6.07) is 11.6. The van der Waals surface area contributed by atoms with Crippen molar-refractivity contribution >= 4 is 22.9 Å². The summed E-state index contributed by atoms with van der Waals surface area (Å²) in [6.07, 6.45) is 2.33. The minimum Gasteiger partial charge on any atom is -0.352 e. The minimum atomic E-state index is -0.892. The second kappa shape index (κ2) is 11.5. The Balaban J connectivity index is 1.76. The van der Waals surface area contributed by atoms with Crippen LogP contribution < -0.4 is 21.5 Å². The average Bonchev–Trinajstić information content (AvgIpc) is 2.91. The van der Waals surface area contributed by atoms with Crippen LogP contribution in [0.5, 0.6) is 0 Å². The minimum absolute atomic E-state index is 0.0297. The summed E-state index contributed by atoms with van der Waals surface area (Å²) in [7, 11) is 0. The predicted octanol–water partition coefficient (Wildman–Crippen LogP) is 5.90. The molecule has 0 radical (unpaired) electrons. The molecule has 1 fully saturated rings. The number of amides is 1. The van der Waals surface area contributed by atoms with Gasteiger partial charge in [0.15, 0.2) is 5.65 Å². The van der Waals surface area contributed by atoms with E-state index < -0.39 is 22.9 Å². The standard InChI is InChI=1S/C33H38F2N6O2/c1-7-15-36-30(43)20-12-11-19(2)23(16-20)27-22-13-14-26(42)41(28-24(34)9-8-10-25(28)35)29(22)39-31(38-27)37-21-17-32(3,4)40-33(5,6)18-21/h8-14,16,21,40H,7,15,17-18H2,1-6H3,(H,36,43)(H,37,38,39). The lowest BCUT2D eigenvalue weighted by molar-refractivity contribution is 0.0953. The Hall–Kier alpha value is -4.18. The molecular weight excluding hydrogens is 550 g/mol. The molecule has 5 rings (SSSR count). The molecule has 0 bridgehead atoms. The molecule has 0 spiro atoms. The van der Waals surface area contributed by atoms with Crippen molar-refractivity contribution in [3.8, 4) is 16.9 Å². The topological polar surface area (TPSA) is 101 Å². The van der Waals surface area contributed by atoms with E-state index in [9.17, 15) is 9.59 Å². The molecule has 3 heterocycles. The Morgan fingerprint density at radius 1 is 1.02 bits per heavy atom. The van der Waals surface area contributed by atoms with Gasteiger partial charge in [-0.3, -0.25) is 14.2 Å². The van der Waals surface area contributed by atoms with E-state index in [0.717, 1.165) is 41.5 Å². The third-order valence-electron chi connectivity index (χ3n) is 7.73. The lowest BCUT2D eigenvalue weighted by Gasteiger charge is -2.46. The number of para-hydroxylation sites is 1. The van der Waals surface area contributed by atoms with E-state index in [1.165, 1.54) is 12.1 Å². The van der Waals surface area contributed by atoms with Crippen LogP contribution in [-0.4, -0.2) is 44.1 Å². The van der Waals surface area contributed by atoms with Crippen LogP contribution in [0.15, 0.2) is 53.3 Å². The Bertz CT molecular complexity index is 1730. The van der Waals surface area contributed by atoms with E-state index in [-0.39, 0.29) is 34.6 Å². The lowest BCUT2D eigenvalue weighted by atomic mass is 9.80. The molecule has 0 unspecified atom stereocenters. The number of hydrogen-bond donors (Lipinski definition) is 3. The van der Waals surface area contributed by atoms with Gasteiger partial charge in [-0.15, -0.1) is 0 Å². The Labute approximate surface area is 250 Å². The molecule has 10 heteroatoms. The zero-order chi connectivity index (χ0) is 31.1. The number of anilines is 1. The van der Waals surface area contributed by atoms with Gasteiger partial charge in [-0.25, -0.2) is 13.8 Å². The fourth-order valence-corrected chi connectivity index (χ4v) is 6.27. The van der Waals surface area contributed by atoms with Gasteiger partial charge in [0, 0.05) is 46.2 Å². The van der Waals surface area contributed by atoms with Crippen molar-refractivity contribution in [2.45, 2.75) is 77.9 Å². The molecule has 8 nitrogen and oxygen atoms in total. The third kappa shape index (κ3) is 6.29. The first-order valence-electron chi connectivity index (χ1n) is 14.6. The van der Waals surface area contributed by atoms with E-state index in [0.29, 0.717) is 28.8 Å². The molecule has 1 saturated heterocycles. The fourth-order valence-electron chi connectivity index (χ4n) is 6.27. The van der Waals surface area contributed by atoms with Gasteiger partial charge in [-0.05, 0) is 89.8 Å². The van der Waals surface area contributed by atoms with E-state index >= 15 is 8.78 Å². The van der Waals surface area contributed by atoms with Gasteiger partial charge in [0.25, 0.3) is 11.5 Å². The number of pyridine rings is 1. The van der Waals surface area contributed by atoms with Crippen molar-refractivity contribution < 1.29 is 13.6 Å². The summed E-state index contributed by atoms with van der Waals surface area (Å²) in [5.41, 5.74) is 0.919. The Kier molecular flexibility index (Phi) is 8.09. The Morgan fingerprint density at radius 3 is 2.35 bits per heavy atom. The third-order valence-corrected chi connectivity index (χ3v) is 7.73. The maximum absolute atomic E-state index is 15.1. The number of halogens is 2. The van der Waals surface area contributed by atoms with Crippen molar-refractivity contribution in [2.24, 2.45) is 0 Å². The van der Waals surface area contributed by atoms with Crippen molar-refractivity contribution in [3.63, 3.8) is 0 Å². The van der Waals surface area contributed by atoms with Crippen LogP contribution in [-0.2, 0) is 0 Å².